The van der Waals surface area contributed by atoms with E-state index >= 15 is 0 Å². The Kier molecular flexibility index (Phi) is 5.28. The van der Waals surface area contributed by atoms with Crippen molar-refractivity contribution in [2.45, 2.75) is 23.5 Å². The molecule has 1 aromatic heterocycles. The molecule has 0 saturated heterocycles. The summed E-state index contributed by atoms with van der Waals surface area (Å²) in [6.45, 7) is 0. The van der Waals surface area contributed by atoms with Crippen molar-refractivity contribution in [2.24, 2.45) is 0 Å². The summed E-state index contributed by atoms with van der Waals surface area (Å²) in [4.78, 5) is 12.5. The van der Waals surface area contributed by atoms with Gasteiger partial charge in [-0.25, -0.2) is 0 Å². The Hall–Kier alpha value is -2.51. The summed E-state index contributed by atoms with van der Waals surface area (Å²) >= 11 is 7.32. The van der Waals surface area contributed by atoms with Gasteiger partial charge >= 0.3 is 0 Å². The van der Waals surface area contributed by atoms with Gasteiger partial charge in [0.25, 0.3) is 0 Å². The van der Waals surface area contributed by atoms with Crippen molar-refractivity contribution < 1.29 is 9.53 Å². The van der Waals surface area contributed by atoms with Gasteiger partial charge < -0.3 is 10.1 Å². The van der Waals surface area contributed by atoms with Crippen LogP contribution in [-0.4, -0.2) is 33.5 Å². The minimum Gasteiger partial charge on any atom is -0.497 e. The maximum atomic E-state index is 12.5. The first kappa shape index (κ1) is 18.8. The fraction of sp³-hybridized carbons (Fsp3) is 0.250. The Balaban J connectivity index is 1.39. The molecule has 1 saturated carbocycles. The normalized spacial score (nSPS) is 14.5. The van der Waals surface area contributed by atoms with Crippen molar-refractivity contribution in [1.82, 2.24) is 20.1 Å². The lowest BCUT2D eigenvalue weighted by atomic mass is 10.1. The van der Waals surface area contributed by atoms with E-state index in [1.54, 1.807) is 13.4 Å². The number of hydrogen-bond acceptors (Lipinski definition) is 5. The molecular weight excluding hydrogens is 396 g/mol. The maximum absolute atomic E-state index is 12.5. The van der Waals surface area contributed by atoms with Gasteiger partial charge in [-0.2, -0.15) is 0 Å². The largest absolute Gasteiger partial charge is 0.497 e. The predicted octanol–water partition coefficient (Wildman–Crippen LogP) is 3.83. The molecule has 1 amide bonds. The summed E-state index contributed by atoms with van der Waals surface area (Å²) < 4.78 is 7.04. The summed E-state index contributed by atoms with van der Waals surface area (Å²) in [5.74, 6) is 1.02. The predicted molar refractivity (Wildman–Crippen MR) is 109 cm³/mol. The number of aromatic nitrogens is 3. The van der Waals surface area contributed by atoms with Gasteiger partial charge in [-0.3, -0.25) is 9.36 Å². The van der Waals surface area contributed by atoms with Gasteiger partial charge in [0.05, 0.1) is 18.4 Å². The zero-order valence-corrected chi connectivity index (χ0v) is 16.8. The van der Waals surface area contributed by atoms with Crippen molar-refractivity contribution >= 4 is 29.3 Å². The SMILES string of the molecule is COc1ccc(-n2cnnc2SCC(=O)NC2(c3ccc(Cl)cc3)CC2)cc1. The molecule has 6 nitrogen and oxygen atoms in total. The van der Waals surface area contributed by atoms with Gasteiger partial charge in [-0.1, -0.05) is 35.5 Å². The molecule has 1 N–H and O–H groups in total. The molecule has 1 aliphatic rings. The van der Waals surface area contributed by atoms with Crippen LogP contribution in [0, 0.1) is 0 Å². The van der Waals surface area contributed by atoms with E-state index in [0.717, 1.165) is 29.8 Å². The molecule has 1 aliphatic carbocycles. The third kappa shape index (κ3) is 4.00. The Morgan fingerprint density at radius 1 is 1.21 bits per heavy atom. The number of nitrogens with one attached hydrogen (secondary N) is 1. The molecule has 1 heterocycles. The van der Waals surface area contributed by atoms with E-state index in [0.29, 0.717) is 10.2 Å². The number of nitrogens with zero attached hydrogens (tertiary/aromatic N) is 3. The standard InChI is InChI=1S/C20H19ClN4O2S/c1-27-17-8-6-16(7-9-17)25-13-22-24-19(25)28-12-18(26)23-20(10-11-20)14-2-4-15(21)5-3-14/h2-9,13H,10-12H2,1H3,(H,23,26). The molecule has 3 aromatic rings. The molecule has 0 aliphatic heterocycles. The van der Waals surface area contributed by atoms with Gasteiger partial charge in [-0.15, -0.1) is 10.2 Å². The number of halogens is 1. The molecule has 8 heteroatoms. The summed E-state index contributed by atoms with van der Waals surface area (Å²) in [6.07, 6.45) is 3.51. The van der Waals surface area contributed by atoms with Gasteiger partial charge in [0, 0.05) is 10.7 Å². The Labute approximate surface area is 172 Å². The van der Waals surface area contributed by atoms with Crippen molar-refractivity contribution in [3.8, 4) is 11.4 Å². The second-order valence-electron chi connectivity index (χ2n) is 6.61. The molecule has 0 radical (unpaired) electrons. The van der Waals surface area contributed by atoms with E-state index in [4.69, 9.17) is 16.3 Å². The van der Waals surface area contributed by atoms with Crippen LogP contribution in [0.5, 0.6) is 5.75 Å². The van der Waals surface area contributed by atoms with Gasteiger partial charge in [0.2, 0.25) is 5.91 Å². The van der Waals surface area contributed by atoms with Crippen LogP contribution in [-0.2, 0) is 10.3 Å². The van der Waals surface area contributed by atoms with Crippen LogP contribution in [0.2, 0.25) is 5.02 Å². The van der Waals surface area contributed by atoms with E-state index in [-0.39, 0.29) is 17.2 Å². The van der Waals surface area contributed by atoms with E-state index in [1.165, 1.54) is 11.8 Å². The lowest BCUT2D eigenvalue weighted by molar-refractivity contribution is -0.119. The number of methoxy groups -OCH3 is 1. The molecule has 1 fully saturated rings. The highest BCUT2D eigenvalue weighted by atomic mass is 35.5. The molecule has 144 valence electrons. The van der Waals surface area contributed by atoms with Crippen molar-refractivity contribution in [2.75, 3.05) is 12.9 Å². The zero-order valence-electron chi connectivity index (χ0n) is 15.3. The number of benzene rings is 2. The summed E-state index contributed by atoms with van der Waals surface area (Å²) in [6, 6.07) is 15.3. The second-order valence-corrected chi connectivity index (χ2v) is 7.99. The molecule has 4 rings (SSSR count). The van der Waals surface area contributed by atoms with E-state index < -0.39 is 0 Å². The third-order valence-corrected chi connectivity index (χ3v) is 5.92. The van der Waals surface area contributed by atoms with Crippen molar-refractivity contribution in [1.29, 1.82) is 0 Å². The first-order chi connectivity index (χ1) is 13.6. The number of amides is 1. The van der Waals surface area contributed by atoms with Crippen LogP contribution in [0.1, 0.15) is 18.4 Å². The van der Waals surface area contributed by atoms with Crippen LogP contribution in [0.15, 0.2) is 60.0 Å². The first-order valence-electron chi connectivity index (χ1n) is 8.84. The highest BCUT2D eigenvalue weighted by Crippen LogP contribution is 2.45. The number of carbonyl (C=O) groups excluding carboxylic acids is 1. The molecule has 0 spiro atoms. The lowest BCUT2D eigenvalue weighted by Gasteiger charge is -2.18. The smallest absolute Gasteiger partial charge is 0.231 e. The Morgan fingerprint density at radius 2 is 1.93 bits per heavy atom. The van der Waals surface area contributed by atoms with Crippen LogP contribution in [0.4, 0.5) is 0 Å². The Morgan fingerprint density at radius 3 is 2.57 bits per heavy atom. The maximum Gasteiger partial charge on any atom is 0.231 e. The molecule has 0 bridgehead atoms. The van der Waals surface area contributed by atoms with Crippen LogP contribution in [0.3, 0.4) is 0 Å². The number of rotatable bonds is 7. The van der Waals surface area contributed by atoms with Crippen LogP contribution >= 0.6 is 23.4 Å². The number of thioether (sulfide) groups is 1. The zero-order chi connectivity index (χ0) is 19.6. The lowest BCUT2D eigenvalue weighted by Crippen LogP contribution is -2.36. The topological polar surface area (TPSA) is 69.0 Å². The summed E-state index contributed by atoms with van der Waals surface area (Å²) in [7, 11) is 1.63. The first-order valence-corrected chi connectivity index (χ1v) is 10.2. The quantitative estimate of drug-likeness (QED) is 0.595. The number of hydrogen-bond donors (Lipinski definition) is 1. The Bertz CT molecular complexity index is 969. The highest BCUT2D eigenvalue weighted by Gasteiger charge is 2.45. The highest BCUT2D eigenvalue weighted by molar-refractivity contribution is 7.99. The number of carbonyl (C=O) groups is 1. The van der Waals surface area contributed by atoms with Gasteiger partial charge in [0.1, 0.15) is 12.1 Å². The van der Waals surface area contributed by atoms with E-state index in [9.17, 15) is 4.79 Å². The minimum absolute atomic E-state index is 0.0262. The van der Waals surface area contributed by atoms with Gasteiger partial charge in [0.15, 0.2) is 5.16 Å². The average Bonchev–Trinajstić information content (AvgIpc) is 3.33. The molecule has 0 atom stereocenters. The molecule has 28 heavy (non-hydrogen) atoms. The summed E-state index contributed by atoms with van der Waals surface area (Å²) in [5, 5.41) is 12.6. The molecule has 2 aromatic carbocycles. The van der Waals surface area contributed by atoms with Crippen molar-refractivity contribution in [3.63, 3.8) is 0 Å². The van der Waals surface area contributed by atoms with Crippen molar-refractivity contribution in [3.05, 3.63) is 65.4 Å². The molecule has 0 unspecified atom stereocenters. The molecular formula is C20H19ClN4O2S. The van der Waals surface area contributed by atoms with E-state index in [2.05, 4.69) is 15.5 Å². The summed E-state index contributed by atoms with van der Waals surface area (Å²) in [5.41, 5.74) is 1.75. The number of ether oxygens (including phenoxy) is 1. The average molecular weight is 415 g/mol. The minimum atomic E-state index is -0.258. The monoisotopic (exact) mass is 414 g/mol. The second kappa shape index (κ2) is 7.85. The van der Waals surface area contributed by atoms with Gasteiger partial charge in [-0.05, 0) is 54.8 Å². The van der Waals surface area contributed by atoms with Crippen LogP contribution in [0.25, 0.3) is 5.69 Å². The fourth-order valence-electron chi connectivity index (χ4n) is 3.06. The third-order valence-electron chi connectivity index (χ3n) is 4.72. The fourth-order valence-corrected chi connectivity index (χ4v) is 3.91. The van der Waals surface area contributed by atoms with Crippen LogP contribution < -0.4 is 10.1 Å². The van der Waals surface area contributed by atoms with E-state index in [1.807, 2.05) is 53.1 Å².